The summed E-state index contributed by atoms with van der Waals surface area (Å²) in [6, 6.07) is -0.544. The van der Waals surface area contributed by atoms with E-state index in [-0.39, 0.29) is 18.3 Å². The largest absolute Gasteiger partial charge is 0.383 e. The van der Waals surface area contributed by atoms with E-state index >= 15 is 0 Å². The van der Waals surface area contributed by atoms with Crippen LogP contribution in [0.15, 0.2) is 4.52 Å². The summed E-state index contributed by atoms with van der Waals surface area (Å²) in [5.74, 6) is 0.288. The van der Waals surface area contributed by atoms with Crippen LogP contribution >= 0.6 is 0 Å². The van der Waals surface area contributed by atoms with Crippen LogP contribution < -0.4 is 5.73 Å². The standard InChI is InChI=1S/C8H15N3O4S/c1-5(16(3,12)13)7-10-8(15-11-7)6(9)4-14-2/h5-6H,4,9H2,1-3H3. The minimum absolute atomic E-state index is 0.115. The van der Waals surface area contributed by atoms with Crippen molar-refractivity contribution in [2.24, 2.45) is 5.73 Å². The molecule has 92 valence electrons. The lowest BCUT2D eigenvalue weighted by molar-refractivity contribution is 0.166. The van der Waals surface area contributed by atoms with Crippen molar-refractivity contribution >= 4 is 9.84 Å². The second-order valence-electron chi connectivity index (χ2n) is 3.52. The molecule has 1 aromatic heterocycles. The molecule has 0 aliphatic heterocycles. The lowest BCUT2D eigenvalue weighted by atomic mass is 10.3. The fourth-order valence-electron chi connectivity index (χ4n) is 1.01. The van der Waals surface area contributed by atoms with Crippen LogP contribution in [0.2, 0.25) is 0 Å². The fraction of sp³-hybridized carbons (Fsp3) is 0.750. The predicted octanol–water partition coefficient (Wildman–Crippen LogP) is -0.179. The predicted molar refractivity (Wildman–Crippen MR) is 56.4 cm³/mol. The van der Waals surface area contributed by atoms with Gasteiger partial charge in [0.2, 0.25) is 5.89 Å². The lowest BCUT2D eigenvalue weighted by Gasteiger charge is -2.04. The Morgan fingerprint density at radius 1 is 1.56 bits per heavy atom. The molecule has 0 radical (unpaired) electrons. The summed E-state index contributed by atoms with van der Waals surface area (Å²) in [6.45, 7) is 1.72. The fourth-order valence-corrected chi connectivity index (χ4v) is 1.48. The Hall–Kier alpha value is -0.990. The Balaban J connectivity index is 2.87. The van der Waals surface area contributed by atoms with Crippen molar-refractivity contribution in [3.63, 3.8) is 0 Å². The molecule has 2 N–H and O–H groups in total. The third kappa shape index (κ3) is 3.00. The highest BCUT2D eigenvalue weighted by molar-refractivity contribution is 7.90. The van der Waals surface area contributed by atoms with Gasteiger partial charge in [0, 0.05) is 13.4 Å². The van der Waals surface area contributed by atoms with Crippen LogP contribution in [0.4, 0.5) is 0 Å². The smallest absolute Gasteiger partial charge is 0.245 e. The van der Waals surface area contributed by atoms with E-state index in [4.69, 9.17) is 15.0 Å². The molecule has 0 aliphatic carbocycles. The number of hydrogen-bond acceptors (Lipinski definition) is 7. The maximum absolute atomic E-state index is 11.3. The monoisotopic (exact) mass is 249 g/mol. The van der Waals surface area contributed by atoms with Gasteiger partial charge in [-0.15, -0.1) is 0 Å². The number of ether oxygens (including phenoxy) is 1. The second-order valence-corrected chi connectivity index (χ2v) is 5.89. The number of nitrogens with zero attached hydrogens (tertiary/aromatic N) is 2. The third-order valence-electron chi connectivity index (χ3n) is 2.13. The van der Waals surface area contributed by atoms with Gasteiger partial charge >= 0.3 is 0 Å². The minimum Gasteiger partial charge on any atom is -0.383 e. The van der Waals surface area contributed by atoms with Gasteiger partial charge in [0.25, 0.3) is 0 Å². The molecule has 2 unspecified atom stereocenters. The topological polar surface area (TPSA) is 108 Å². The van der Waals surface area contributed by atoms with Gasteiger partial charge in [-0.2, -0.15) is 4.98 Å². The van der Waals surface area contributed by atoms with Gasteiger partial charge in [-0.05, 0) is 6.92 Å². The van der Waals surface area contributed by atoms with Crippen molar-refractivity contribution < 1.29 is 17.7 Å². The summed E-state index contributed by atoms with van der Waals surface area (Å²) in [7, 11) is -1.74. The van der Waals surface area contributed by atoms with E-state index in [0.717, 1.165) is 6.26 Å². The summed E-state index contributed by atoms with van der Waals surface area (Å²) in [6.07, 6.45) is 1.11. The molecule has 1 rings (SSSR count). The van der Waals surface area contributed by atoms with Crippen LogP contribution in [0.25, 0.3) is 0 Å². The summed E-state index contributed by atoms with van der Waals surface area (Å²) in [5, 5.41) is 2.78. The van der Waals surface area contributed by atoms with Gasteiger partial charge in [-0.3, -0.25) is 0 Å². The van der Waals surface area contributed by atoms with Gasteiger partial charge in [0.1, 0.15) is 11.3 Å². The lowest BCUT2D eigenvalue weighted by Crippen LogP contribution is -2.17. The molecule has 0 aromatic carbocycles. The molecular weight excluding hydrogens is 234 g/mol. The molecule has 0 fully saturated rings. The highest BCUT2D eigenvalue weighted by Crippen LogP contribution is 2.19. The Labute approximate surface area is 93.9 Å². The molecule has 0 saturated carbocycles. The summed E-state index contributed by atoms with van der Waals surface area (Å²) in [4.78, 5) is 3.93. The average Bonchev–Trinajstić information content (AvgIpc) is 2.64. The van der Waals surface area contributed by atoms with E-state index in [1.54, 1.807) is 0 Å². The van der Waals surface area contributed by atoms with Crippen LogP contribution in [0.5, 0.6) is 0 Å². The maximum atomic E-state index is 11.3. The van der Waals surface area contributed by atoms with Gasteiger partial charge < -0.3 is 15.0 Å². The zero-order valence-corrected chi connectivity index (χ0v) is 10.2. The van der Waals surface area contributed by atoms with Crippen molar-refractivity contribution in [2.75, 3.05) is 20.0 Å². The summed E-state index contributed by atoms with van der Waals surface area (Å²) >= 11 is 0. The normalized spacial score (nSPS) is 16.0. The zero-order chi connectivity index (χ0) is 12.3. The SMILES string of the molecule is COCC(N)c1nc(C(C)S(C)(=O)=O)no1. The maximum Gasteiger partial charge on any atom is 0.245 e. The number of hydrogen-bond donors (Lipinski definition) is 1. The van der Waals surface area contributed by atoms with Crippen LogP contribution in [-0.4, -0.2) is 38.5 Å². The first-order chi connectivity index (χ1) is 7.36. The van der Waals surface area contributed by atoms with E-state index in [1.807, 2.05) is 0 Å². The van der Waals surface area contributed by atoms with Gasteiger partial charge in [-0.25, -0.2) is 8.42 Å². The van der Waals surface area contributed by atoms with Crippen molar-refractivity contribution in [3.8, 4) is 0 Å². The first-order valence-electron chi connectivity index (χ1n) is 4.63. The highest BCUT2D eigenvalue weighted by atomic mass is 32.2. The van der Waals surface area contributed by atoms with E-state index in [1.165, 1.54) is 14.0 Å². The van der Waals surface area contributed by atoms with Gasteiger partial charge in [0.15, 0.2) is 15.7 Å². The van der Waals surface area contributed by atoms with E-state index in [0.29, 0.717) is 0 Å². The van der Waals surface area contributed by atoms with Crippen LogP contribution in [0.1, 0.15) is 29.9 Å². The molecule has 0 bridgehead atoms. The molecule has 16 heavy (non-hydrogen) atoms. The molecular formula is C8H15N3O4S. The third-order valence-corrected chi connectivity index (χ3v) is 3.62. The summed E-state index contributed by atoms with van der Waals surface area (Å²) in [5.41, 5.74) is 5.66. The van der Waals surface area contributed by atoms with Crippen molar-refractivity contribution in [3.05, 3.63) is 11.7 Å². The molecule has 0 aliphatic rings. The Morgan fingerprint density at radius 2 is 2.19 bits per heavy atom. The summed E-state index contributed by atoms with van der Waals surface area (Å²) < 4.78 is 32.2. The molecule has 1 heterocycles. The number of nitrogens with two attached hydrogens (primary N) is 1. The highest BCUT2D eigenvalue weighted by Gasteiger charge is 2.24. The zero-order valence-electron chi connectivity index (χ0n) is 9.37. The first-order valence-corrected chi connectivity index (χ1v) is 6.58. The molecule has 0 spiro atoms. The minimum atomic E-state index is -3.24. The van der Waals surface area contributed by atoms with Crippen molar-refractivity contribution in [1.29, 1.82) is 0 Å². The first kappa shape index (κ1) is 13.1. The Kier molecular flexibility index (Phi) is 4.00. The molecule has 2 atom stereocenters. The number of methoxy groups -OCH3 is 1. The number of sulfone groups is 1. The van der Waals surface area contributed by atoms with Gasteiger partial charge in [-0.1, -0.05) is 5.16 Å². The van der Waals surface area contributed by atoms with Gasteiger partial charge in [0.05, 0.1) is 6.61 Å². The average molecular weight is 249 g/mol. The molecule has 0 amide bonds. The number of rotatable bonds is 5. The van der Waals surface area contributed by atoms with Crippen LogP contribution in [0.3, 0.4) is 0 Å². The van der Waals surface area contributed by atoms with Crippen LogP contribution in [0, 0.1) is 0 Å². The molecule has 0 saturated heterocycles. The Morgan fingerprint density at radius 3 is 2.69 bits per heavy atom. The molecule has 1 aromatic rings. The second kappa shape index (κ2) is 4.89. The van der Waals surface area contributed by atoms with Crippen molar-refractivity contribution in [1.82, 2.24) is 10.1 Å². The number of aromatic nitrogens is 2. The quantitative estimate of drug-likeness (QED) is 0.771. The van der Waals surface area contributed by atoms with E-state index < -0.39 is 21.1 Å². The van der Waals surface area contributed by atoms with E-state index in [9.17, 15) is 8.42 Å². The van der Waals surface area contributed by atoms with E-state index in [2.05, 4.69) is 10.1 Å². The van der Waals surface area contributed by atoms with Crippen molar-refractivity contribution in [2.45, 2.75) is 18.2 Å². The molecule has 8 heteroatoms. The van der Waals surface area contributed by atoms with Crippen LogP contribution in [-0.2, 0) is 14.6 Å². The Bertz CT molecular complexity index is 442. The molecule has 7 nitrogen and oxygen atoms in total.